The number of aliphatic carboxylic acids is 1. The predicted molar refractivity (Wildman–Crippen MR) is 55.2 cm³/mol. The number of Topliss-reactive ketones (excluding diaryl/α,β-unsaturated/α-hetero) is 1. The molecule has 16 heavy (non-hydrogen) atoms. The number of carboxylic acid groups (broad SMARTS) is 1. The van der Waals surface area contributed by atoms with E-state index in [4.69, 9.17) is 0 Å². The summed E-state index contributed by atoms with van der Waals surface area (Å²) in [6.45, 7) is 0.0936. The largest absolute Gasteiger partial charge is 0.550 e. The summed E-state index contributed by atoms with van der Waals surface area (Å²) >= 11 is 0. The molecule has 1 saturated carbocycles. The maximum Gasteiger partial charge on any atom is 0.177 e. The minimum Gasteiger partial charge on any atom is -0.550 e. The van der Waals surface area contributed by atoms with Crippen LogP contribution >= 0.6 is 0 Å². The lowest BCUT2D eigenvalue weighted by molar-refractivity contribution is -0.875. The highest BCUT2D eigenvalue weighted by Crippen LogP contribution is 2.35. The molecule has 0 spiro atoms. The van der Waals surface area contributed by atoms with Crippen molar-refractivity contribution < 1.29 is 24.3 Å². The van der Waals surface area contributed by atoms with Gasteiger partial charge in [0.1, 0.15) is 6.54 Å². The van der Waals surface area contributed by atoms with Gasteiger partial charge in [-0.05, 0) is 12.8 Å². The van der Waals surface area contributed by atoms with Crippen LogP contribution < -0.4 is 5.11 Å². The van der Waals surface area contributed by atoms with E-state index in [1.165, 1.54) is 0 Å². The van der Waals surface area contributed by atoms with Crippen molar-refractivity contribution >= 4 is 11.8 Å². The van der Waals surface area contributed by atoms with Crippen molar-refractivity contribution in [3.05, 3.63) is 0 Å². The summed E-state index contributed by atoms with van der Waals surface area (Å²) in [5, 5.41) is 20.8. The summed E-state index contributed by atoms with van der Waals surface area (Å²) in [6, 6.07) is 0. The quantitative estimate of drug-likeness (QED) is 0.565. The first-order valence-electron chi connectivity index (χ1n) is 5.41. The number of carboxylic acids is 1. The van der Waals surface area contributed by atoms with Gasteiger partial charge in [-0.2, -0.15) is 0 Å². The maximum absolute atomic E-state index is 11.9. The standard InChI is InChI=1S/C11H19NO4/c1-12(2,3)7-11(16,6-9(13)14)10(15)8-4-5-8/h8,16H,4-7H2,1-3H3. The van der Waals surface area contributed by atoms with E-state index in [1.807, 2.05) is 0 Å². The molecule has 1 aliphatic rings. The Labute approximate surface area is 95.3 Å². The fraction of sp³-hybridized carbons (Fsp3) is 0.818. The Morgan fingerprint density at radius 2 is 1.88 bits per heavy atom. The summed E-state index contributed by atoms with van der Waals surface area (Å²) in [5.41, 5.74) is -1.78. The second-order valence-corrected chi connectivity index (χ2v) is 5.67. The molecule has 0 aromatic carbocycles. The van der Waals surface area contributed by atoms with Gasteiger partial charge in [-0.15, -0.1) is 0 Å². The number of carbonyl (C=O) groups excluding carboxylic acids is 2. The second kappa shape index (κ2) is 4.14. The van der Waals surface area contributed by atoms with Crippen LogP contribution in [-0.4, -0.2) is 54.6 Å². The molecule has 0 radical (unpaired) electrons. The molecule has 92 valence electrons. The maximum atomic E-state index is 11.9. The molecule has 0 aromatic heterocycles. The van der Waals surface area contributed by atoms with E-state index in [2.05, 4.69) is 0 Å². The van der Waals surface area contributed by atoms with E-state index in [-0.39, 0.29) is 18.2 Å². The SMILES string of the molecule is C[N+](C)(C)CC(O)(CC(=O)[O-])C(=O)C1CC1. The highest BCUT2D eigenvalue weighted by molar-refractivity contribution is 5.93. The Balaban J connectivity index is 2.82. The van der Waals surface area contributed by atoms with Gasteiger partial charge in [0.2, 0.25) is 0 Å². The number of hydrogen-bond donors (Lipinski definition) is 1. The zero-order chi connectivity index (χ0) is 12.6. The topological polar surface area (TPSA) is 77.4 Å². The summed E-state index contributed by atoms with van der Waals surface area (Å²) in [7, 11) is 5.42. The number of hydrogen-bond acceptors (Lipinski definition) is 4. The third-order valence-electron chi connectivity index (χ3n) is 2.58. The molecule has 0 saturated heterocycles. The van der Waals surface area contributed by atoms with Crippen molar-refractivity contribution in [3.8, 4) is 0 Å². The first kappa shape index (κ1) is 13.1. The van der Waals surface area contributed by atoms with Crippen molar-refractivity contribution in [2.24, 2.45) is 5.92 Å². The Bertz CT molecular complexity index is 304. The fourth-order valence-corrected chi connectivity index (χ4v) is 1.97. The van der Waals surface area contributed by atoms with Crippen molar-refractivity contribution in [3.63, 3.8) is 0 Å². The van der Waals surface area contributed by atoms with E-state index in [0.717, 1.165) is 12.8 Å². The van der Waals surface area contributed by atoms with Crippen LogP contribution in [0.5, 0.6) is 0 Å². The normalized spacial score (nSPS) is 20.2. The Kier molecular flexibility index (Phi) is 3.40. The van der Waals surface area contributed by atoms with Gasteiger partial charge in [0.05, 0.1) is 21.1 Å². The minimum atomic E-state index is -1.78. The molecule has 1 unspecified atom stereocenters. The molecule has 0 aliphatic heterocycles. The molecule has 1 fully saturated rings. The summed E-state index contributed by atoms with van der Waals surface area (Å²) < 4.78 is 0.336. The number of quaternary nitrogens is 1. The number of ketones is 1. The van der Waals surface area contributed by atoms with E-state index >= 15 is 0 Å². The number of carbonyl (C=O) groups is 2. The molecular weight excluding hydrogens is 210 g/mol. The first-order valence-corrected chi connectivity index (χ1v) is 5.41. The molecule has 0 bridgehead atoms. The van der Waals surface area contributed by atoms with Gasteiger partial charge >= 0.3 is 0 Å². The monoisotopic (exact) mass is 229 g/mol. The summed E-state index contributed by atoms with van der Waals surface area (Å²) in [5.74, 6) is -1.88. The van der Waals surface area contributed by atoms with Crippen LogP contribution in [0.25, 0.3) is 0 Å². The van der Waals surface area contributed by atoms with Crippen LogP contribution in [0.3, 0.4) is 0 Å². The molecular formula is C11H19NO4. The highest BCUT2D eigenvalue weighted by Gasteiger charge is 2.47. The Morgan fingerprint density at radius 3 is 2.19 bits per heavy atom. The molecule has 1 N–H and O–H groups in total. The van der Waals surface area contributed by atoms with Crippen LogP contribution in [0.4, 0.5) is 0 Å². The fourth-order valence-electron chi connectivity index (χ4n) is 1.97. The first-order chi connectivity index (χ1) is 7.14. The van der Waals surface area contributed by atoms with Crippen molar-refractivity contribution in [1.82, 2.24) is 0 Å². The minimum absolute atomic E-state index is 0.0936. The summed E-state index contributed by atoms with van der Waals surface area (Å²) in [4.78, 5) is 22.5. The van der Waals surface area contributed by atoms with E-state index in [9.17, 15) is 19.8 Å². The lowest BCUT2D eigenvalue weighted by Gasteiger charge is -2.34. The summed E-state index contributed by atoms with van der Waals surface area (Å²) in [6.07, 6.45) is 0.897. The van der Waals surface area contributed by atoms with E-state index in [0.29, 0.717) is 4.48 Å². The predicted octanol–water partition coefficient (Wildman–Crippen LogP) is -1.46. The second-order valence-electron chi connectivity index (χ2n) is 5.67. The van der Waals surface area contributed by atoms with Gasteiger partial charge in [0, 0.05) is 18.3 Å². The molecule has 1 rings (SSSR count). The average Bonchev–Trinajstić information content (AvgIpc) is 2.78. The van der Waals surface area contributed by atoms with Crippen LogP contribution in [0, 0.1) is 5.92 Å². The van der Waals surface area contributed by atoms with Gasteiger partial charge in [-0.1, -0.05) is 0 Å². The number of aliphatic hydroxyl groups is 1. The third-order valence-corrected chi connectivity index (χ3v) is 2.58. The third kappa shape index (κ3) is 3.57. The molecule has 0 amide bonds. The van der Waals surface area contributed by atoms with E-state index in [1.54, 1.807) is 21.1 Å². The van der Waals surface area contributed by atoms with Gasteiger partial charge < -0.3 is 19.5 Å². The smallest absolute Gasteiger partial charge is 0.177 e. The number of rotatable bonds is 6. The molecule has 0 heterocycles. The molecule has 1 aliphatic carbocycles. The van der Waals surface area contributed by atoms with E-state index < -0.39 is 18.0 Å². The van der Waals surface area contributed by atoms with Crippen LogP contribution in [-0.2, 0) is 9.59 Å². The molecule has 5 heteroatoms. The number of likely N-dealkylation sites (N-methyl/N-ethyl adjacent to an activating group) is 1. The number of nitrogens with zero attached hydrogens (tertiary/aromatic N) is 1. The van der Waals surface area contributed by atoms with Crippen LogP contribution in [0.2, 0.25) is 0 Å². The van der Waals surface area contributed by atoms with Gasteiger partial charge in [-0.25, -0.2) is 0 Å². The lowest BCUT2D eigenvalue weighted by Crippen LogP contribution is -2.56. The van der Waals surface area contributed by atoms with Gasteiger partial charge in [-0.3, -0.25) is 4.79 Å². The van der Waals surface area contributed by atoms with Crippen molar-refractivity contribution in [2.75, 3.05) is 27.7 Å². The zero-order valence-electron chi connectivity index (χ0n) is 10.0. The van der Waals surface area contributed by atoms with Crippen molar-refractivity contribution in [2.45, 2.75) is 24.9 Å². The average molecular weight is 229 g/mol. The van der Waals surface area contributed by atoms with Gasteiger partial charge in [0.15, 0.2) is 11.4 Å². The highest BCUT2D eigenvalue weighted by atomic mass is 16.4. The lowest BCUT2D eigenvalue weighted by atomic mass is 9.90. The van der Waals surface area contributed by atoms with Crippen LogP contribution in [0.1, 0.15) is 19.3 Å². The van der Waals surface area contributed by atoms with Gasteiger partial charge in [0.25, 0.3) is 0 Å². The molecule has 0 aromatic rings. The zero-order valence-corrected chi connectivity index (χ0v) is 10.0. The molecule has 1 atom stereocenters. The van der Waals surface area contributed by atoms with Crippen molar-refractivity contribution in [1.29, 1.82) is 0 Å². The Morgan fingerprint density at radius 1 is 1.38 bits per heavy atom. The van der Waals surface area contributed by atoms with Crippen LogP contribution in [0.15, 0.2) is 0 Å². The molecule has 5 nitrogen and oxygen atoms in total. The Hall–Kier alpha value is -0.940.